The third kappa shape index (κ3) is 2.38. The minimum Gasteiger partial charge on any atom is -0.345 e. The van der Waals surface area contributed by atoms with E-state index in [0.29, 0.717) is 11.3 Å². The molecule has 106 valence electrons. The average Bonchev–Trinajstić information content (AvgIpc) is 2.90. The summed E-state index contributed by atoms with van der Waals surface area (Å²) < 4.78 is 13.0. The Morgan fingerprint density at radius 3 is 2.52 bits per heavy atom. The van der Waals surface area contributed by atoms with Crippen molar-refractivity contribution in [2.24, 2.45) is 0 Å². The third-order valence-corrected chi connectivity index (χ3v) is 3.33. The Morgan fingerprint density at radius 1 is 1.14 bits per heavy atom. The number of aromatic nitrogens is 2. The summed E-state index contributed by atoms with van der Waals surface area (Å²) in [5.41, 5.74) is 2.94. The van der Waals surface area contributed by atoms with Crippen LogP contribution in [0.25, 0.3) is 22.2 Å². The summed E-state index contributed by atoms with van der Waals surface area (Å²) in [7, 11) is 3.42. The van der Waals surface area contributed by atoms with E-state index in [2.05, 4.69) is 10.2 Å². The molecule has 1 amide bonds. The van der Waals surface area contributed by atoms with Gasteiger partial charge in [0, 0.05) is 30.6 Å². The standard InChI is InChI=1S/C16H14FN3O/c1-20(2)16(21)11-5-8-14-13(9-11)15(19-18-14)10-3-6-12(17)7-4-10/h3-9H,1-2H3,(H,18,19). The van der Waals surface area contributed by atoms with Crippen molar-refractivity contribution in [1.82, 2.24) is 15.1 Å². The predicted molar refractivity (Wildman–Crippen MR) is 79.5 cm³/mol. The molecule has 21 heavy (non-hydrogen) atoms. The summed E-state index contributed by atoms with van der Waals surface area (Å²) in [6.07, 6.45) is 0. The van der Waals surface area contributed by atoms with Gasteiger partial charge in [0.15, 0.2) is 0 Å². The van der Waals surface area contributed by atoms with Gasteiger partial charge in [-0.1, -0.05) is 0 Å². The zero-order chi connectivity index (χ0) is 15.0. The lowest BCUT2D eigenvalue weighted by Crippen LogP contribution is -2.21. The lowest BCUT2D eigenvalue weighted by Gasteiger charge is -2.10. The van der Waals surface area contributed by atoms with Gasteiger partial charge in [-0.25, -0.2) is 4.39 Å². The average molecular weight is 283 g/mol. The van der Waals surface area contributed by atoms with E-state index in [4.69, 9.17) is 0 Å². The number of nitrogens with zero attached hydrogens (tertiary/aromatic N) is 2. The van der Waals surface area contributed by atoms with Crippen molar-refractivity contribution in [3.8, 4) is 11.3 Å². The number of hydrogen-bond donors (Lipinski definition) is 1. The first-order chi connectivity index (χ1) is 10.1. The molecule has 0 radical (unpaired) electrons. The van der Waals surface area contributed by atoms with Crippen LogP contribution in [0.5, 0.6) is 0 Å². The zero-order valence-electron chi connectivity index (χ0n) is 11.7. The number of aromatic amines is 1. The molecular formula is C16H14FN3O. The number of hydrogen-bond acceptors (Lipinski definition) is 2. The van der Waals surface area contributed by atoms with Crippen LogP contribution >= 0.6 is 0 Å². The van der Waals surface area contributed by atoms with E-state index in [-0.39, 0.29) is 11.7 Å². The van der Waals surface area contributed by atoms with E-state index in [1.54, 1.807) is 38.4 Å². The van der Waals surface area contributed by atoms with Crippen LogP contribution in [0.15, 0.2) is 42.5 Å². The fourth-order valence-electron chi connectivity index (χ4n) is 2.23. The number of carbonyl (C=O) groups is 1. The molecule has 1 aromatic heterocycles. The van der Waals surface area contributed by atoms with Crippen molar-refractivity contribution in [2.45, 2.75) is 0 Å². The number of nitrogens with one attached hydrogen (secondary N) is 1. The van der Waals surface area contributed by atoms with Gasteiger partial charge in [0.1, 0.15) is 5.82 Å². The van der Waals surface area contributed by atoms with Crippen molar-refractivity contribution in [3.05, 3.63) is 53.8 Å². The van der Waals surface area contributed by atoms with E-state index < -0.39 is 0 Å². The fraction of sp³-hybridized carbons (Fsp3) is 0.125. The monoisotopic (exact) mass is 283 g/mol. The van der Waals surface area contributed by atoms with E-state index >= 15 is 0 Å². The largest absolute Gasteiger partial charge is 0.345 e. The van der Waals surface area contributed by atoms with Crippen molar-refractivity contribution in [3.63, 3.8) is 0 Å². The summed E-state index contributed by atoms with van der Waals surface area (Å²) >= 11 is 0. The molecule has 3 aromatic rings. The van der Waals surface area contributed by atoms with Crippen LogP contribution in [0, 0.1) is 5.82 Å². The molecular weight excluding hydrogens is 269 g/mol. The van der Waals surface area contributed by atoms with Gasteiger partial charge < -0.3 is 4.90 Å². The molecule has 0 spiro atoms. The molecule has 5 heteroatoms. The molecule has 1 heterocycles. The van der Waals surface area contributed by atoms with Crippen molar-refractivity contribution in [1.29, 1.82) is 0 Å². The number of rotatable bonds is 2. The highest BCUT2D eigenvalue weighted by atomic mass is 19.1. The fourth-order valence-corrected chi connectivity index (χ4v) is 2.23. The molecule has 2 aromatic carbocycles. The summed E-state index contributed by atoms with van der Waals surface area (Å²) in [4.78, 5) is 13.6. The van der Waals surface area contributed by atoms with Gasteiger partial charge in [0.25, 0.3) is 5.91 Å². The maximum Gasteiger partial charge on any atom is 0.253 e. The second-order valence-electron chi connectivity index (χ2n) is 5.04. The van der Waals surface area contributed by atoms with Gasteiger partial charge in [-0.05, 0) is 42.5 Å². The van der Waals surface area contributed by atoms with Gasteiger partial charge in [0.2, 0.25) is 0 Å². The third-order valence-electron chi connectivity index (χ3n) is 3.33. The highest BCUT2D eigenvalue weighted by Gasteiger charge is 2.13. The second kappa shape index (κ2) is 5.01. The van der Waals surface area contributed by atoms with E-state index in [1.165, 1.54) is 17.0 Å². The maximum atomic E-state index is 13.0. The molecule has 0 saturated heterocycles. The first-order valence-corrected chi connectivity index (χ1v) is 6.52. The molecule has 0 atom stereocenters. The van der Waals surface area contributed by atoms with Crippen LogP contribution < -0.4 is 0 Å². The Bertz CT molecular complexity index is 806. The van der Waals surface area contributed by atoms with Crippen LogP contribution in [-0.2, 0) is 0 Å². The molecule has 0 bridgehead atoms. The lowest BCUT2D eigenvalue weighted by molar-refractivity contribution is 0.0828. The summed E-state index contributed by atoms with van der Waals surface area (Å²) in [5.74, 6) is -0.356. The quantitative estimate of drug-likeness (QED) is 0.785. The van der Waals surface area contributed by atoms with Crippen LogP contribution in [-0.4, -0.2) is 35.1 Å². The highest BCUT2D eigenvalue weighted by Crippen LogP contribution is 2.27. The van der Waals surface area contributed by atoms with Gasteiger partial charge in [0.05, 0.1) is 11.2 Å². The van der Waals surface area contributed by atoms with Crippen molar-refractivity contribution in [2.75, 3.05) is 14.1 Å². The SMILES string of the molecule is CN(C)C(=O)c1ccc2[nH]nc(-c3ccc(F)cc3)c2c1. The molecule has 3 rings (SSSR count). The first kappa shape index (κ1) is 13.3. The molecule has 0 fully saturated rings. The number of carbonyl (C=O) groups excluding carboxylic acids is 1. The van der Waals surface area contributed by atoms with Crippen molar-refractivity contribution >= 4 is 16.8 Å². The summed E-state index contributed by atoms with van der Waals surface area (Å²) in [6, 6.07) is 11.5. The minimum atomic E-state index is -0.290. The zero-order valence-corrected chi connectivity index (χ0v) is 11.7. The Balaban J connectivity index is 2.14. The number of amides is 1. The molecule has 0 aliphatic heterocycles. The minimum absolute atomic E-state index is 0.0665. The Labute approximate surface area is 121 Å². The van der Waals surface area contributed by atoms with Gasteiger partial charge in [-0.2, -0.15) is 5.10 Å². The number of halogens is 1. The van der Waals surface area contributed by atoms with Gasteiger partial charge in [-0.15, -0.1) is 0 Å². The van der Waals surface area contributed by atoms with Crippen LogP contribution in [0.3, 0.4) is 0 Å². The maximum absolute atomic E-state index is 13.0. The molecule has 0 aliphatic carbocycles. The molecule has 0 aliphatic rings. The summed E-state index contributed by atoms with van der Waals surface area (Å²) in [5, 5.41) is 8.04. The molecule has 1 N–H and O–H groups in total. The Hall–Kier alpha value is -2.69. The van der Waals surface area contributed by atoms with E-state index in [9.17, 15) is 9.18 Å². The smallest absolute Gasteiger partial charge is 0.253 e. The van der Waals surface area contributed by atoms with Crippen LogP contribution in [0.4, 0.5) is 4.39 Å². The topological polar surface area (TPSA) is 49.0 Å². The summed E-state index contributed by atoms with van der Waals surface area (Å²) in [6.45, 7) is 0. The number of benzene rings is 2. The highest BCUT2D eigenvalue weighted by molar-refractivity contribution is 6.01. The Kier molecular flexibility index (Phi) is 3.17. The lowest BCUT2D eigenvalue weighted by atomic mass is 10.1. The van der Waals surface area contributed by atoms with Crippen molar-refractivity contribution < 1.29 is 9.18 Å². The Morgan fingerprint density at radius 2 is 1.86 bits per heavy atom. The van der Waals surface area contributed by atoms with E-state index in [1.807, 2.05) is 6.07 Å². The second-order valence-corrected chi connectivity index (χ2v) is 5.04. The normalized spacial score (nSPS) is 10.8. The number of fused-ring (bicyclic) bond motifs is 1. The number of H-pyrrole nitrogens is 1. The molecule has 0 saturated carbocycles. The molecule has 4 nitrogen and oxygen atoms in total. The predicted octanol–water partition coefficient (Wildman–Crippen LogP) is 3.07. The van der Waals surface area contributed by atoms with Crippen LogP contribution in [0.1, 0.15) is 10.4 Å². The van der Waals surface area contributed by atoms with E-state index in [0.717, 1.165) is 16.5 Å². The van der Waals surface area contributed by atoms with Gasteiger partial charge in [-0.3, -0.25) is 9.89 Å². The first-order valence-electron chi connectivity index (χ1n) is 6.52. The van der Waals surface area contributed by atoms with Crippen LogP contribution in [0.2, 0.25) is 0 Å². The molecule has 0 unspecified atom stereocenters. The van der Waals surface area contributed by atoms with Gasteiger partial charge >= 0.3 is 0 Å².